The van der Waals surface area contributed by atoms with Crippen LogP contribution >= 0.6 is 0 Å². The van der Waals surface area contributed by atoms with Gasteiger partial charge in [-0.2, -0.15) is 0 Å². The van der Waals surface area contributed by atoms with E-state index < -0.39 is 318 Å². The first-order valence-electron chi connectivity index (χ1n) is 38.9. The predicted molar refractivity (Wildman–Crippen MR) is 363 cm³/mol. The monoisotopic (exact) mass is 1600 g/mol. The molecular formula is C73H118O38. The molecule has 0 bridgehead atoms. The molecule has 0 aromatic carbocycles. The van der Waals surface area contributed by atoms with E-state index in [1.165, 1.54) is 6.92 Å². The summed E-state index contributed by atoms with van der Waals surface area (Å²) in [6.07, 6.45) is -56.4. The second-order valence-electron chi connectivity index (χ2n) is 35.4. The molecule has 8 saturated heterocycles. The van der Waals surface area contributed by atoms with Gasteiger partial charge in [0.15, 0.2) is 50.1 Å². The first-order valence-corrected chi connectivity index (χ1v) is 38.9. The Hall–Kier alpha value is -2.23. The molecule has 638 valence electrons. The fourth-order valence-electron chi connectivity index (χ4n) is 21.0. The Balaban J connectivity index is 0.719. The van der Waals surface area contributed by atoms with Crippen molar-refractivity contribution in [3.05, 3.63) is 11.6 Å². The summed E-state index contributed by atoms with van der Waals surface area (Å²) >= 11 is 0. The Morgan fingerprint density at radius 2 is 0.919 bits per heavy atom. The van der Waals surface area contributed by atoms with Crippen LogP contribution in [0.5, 0.6) is 0 Å². The molecule has 8 heterocycles. The number of esters is 1. The zero-order chi connectivity index (χ0) is 80.6. The van der Waals surface area contributed by atoms with Gasteiger partial charge in [0.25, 0.3) is 0 Å². The van der Waals surface area contributed by atoms with Gasteiger partial charge >= 0.3 is 5.97 Å². The summed E-state index contributed by atoms with van der Waals surface area (Å²) in [7, 11) is 0. The Kier molecular flexibility index (Phi) is 25.8. The minimum atomic E-state index is -2.10. The van der Waals surface area contributed by atoms with Gasteiger partial charge in [-0.15, -0.1) is 0 Å². The highest BCUT2D eigenvalue weighted by Crippen LogP contribution is 2.76. The number of hydrogen-bond acceptors (Lipinski definition) is 38. The summed E-state index contributed by atoms with van der Waals surface area (Å²) in [5.41, 5.74) is -3.45. The van der Waals surface area contributed by atoms with Crippen LogP contribution in [0, 0.1) is 50.2 Å². The largest absolute Gasteiger partial charge is 0.432 e. The van der Waals surface area contributed by atoms with Gasteiger partial charge in [-0.05, 0) is 110 Å². The molecule has 0 aromatic heterocycles. The smallest absolute Gasteiger partial charge is 0.317 e. The van der Waals surface area contributed by atoms with Crippen LogP contribution in [-0.2, 0) is 80.6 Å². The van der Waals surface area contributed by atoms with Crippen LogP contribution in [0.1, 0.15) is 113 Å². The molecule has 13 aliphatic rings. The Morgan fingerprint density at radius 3 is 1.50 bits per heavy atom. The van der Waals surface area contributed by atoms with Crippen LogP contribution in [0.15, 0.2) is 11.6 Å². The van der Waals surface area contributed by atoms with Crippen molar-refractivity contribution in [2.24, 2.45) is 50.2 Å². The molecule has 13 rings (SSSR count). The van der Waals surface area contributed by atoms with Crippen molar-refractivity contribution < 1.29 is 188 Å². The highest BCUT2D eigenvalue weighted by Gasteiger charge is 2.73. The molecule has 4 saturated carbocycles. The number of aliphatic hydroxyl groups is 21. The van der Waals surface area contributed by atoms with Crippen molar-refractivity contribution in [1.29, 1.82) is 0 Å². The molecule has 0 aromatic rings. The predicted octanol–water partition coefficient (Wildman–Crippen LogP) is -7.54. The van der Waals surface area contributed by atoms with Gasteiger partial charge in [0.1, 0.15) is 158 Å². The van der Waals surface area contributed by atoms with E-state index in [9.17, 15) is 107 Å². The maximum atomic E-state index is 16.0. The van der Waals surface area contributed by atoms with E-state index in [0.717, 1.165) is 5.57 Å². The molecule has 0 radical (unpaired) electrons. The highest BCUT2D eigenvalue weighted by molar-refractivity contribution is 5.80. The van der Waals surface area contributed by atoms with Crippen LogP contribution in [0.4, 0.5) is 0 Å². The molecular weight excluding hydrogens is 1480 g/mol. The number of aliphatic hydroxyl groups excluding tert-OH is 21. The third-order valence-electron chi connectivity index (χ3n) is 27.9. The van der Waals surface area contributed by atoms with Crippen molar-refractivity contribution in [3.8, 4) is 0 Å². The summed E-state index contributed by atoms with van der Waals surface area (Å²) in [6.45, 7) is 12.5. The van der Waals surface area contributed by atoms with Gasteiger partial charge in [-0.1, -0.05) is 60.1 Å². The van der Waals surface area contributed by atoms with Crippen molar-refractivity contribution in [1.82, 2.24) is 0 Å². The fraction of sp³-hybridized carbons (Fsp3) is 0.959. The number of ether oxygens (including phenoxy) is 16. The molecule has 38 heteroatoms. The molecule has 12 fully saturated rings. The van der Waals surface area contributed by atoms with Crippen molar-refractivity contribution in [3.63, 3.8) is 0 Å². The van der Waals surface area contributed by atoms with Gasteiger partial charge in [0.05, 0.1) is 64.6 Å². The summed E-state index contributed by atoms with van der Waals surface area (Å²) in [5, 5.41) is 233. The van der Waals surface area contributed by atoms with Crippen molar-refractivity contribution in [2.45, 2.75) is 341 Å². The SMILES string of the molecule is C[C@@H]1O[C@H](O[C@H]2[C@H](OC(=O)[C@]34CCC(C)(C)C[C@H]3C3=CC[C@H]5[C@@]6(C)CC[C@@H](O[C@H]7O[C@@H](CO[C@@H]8OC[C@@H](O)[C@H](O)[C@H]8O[C@@H]8OC[C@@H](O)[C@H](O)[C@H]8O)[C@@H](O)[C@H](O)[C@H]7O)C(C)(C)[C@H]6CC[C@@]5(C)[C@]3(C)C[C@H]4O)O[C@@H](CO)[C@@H](O)[C@H]2O)[C@H](O[C@@H]2OC[C@@H](O)[C@@H](O)[C@@H]2O)[C@@H](O)[C@H]1O[C@@H]1OC[C@@H](O)[C@H](O[C@@H]2OC[C@H](O)[C@H](O)[C@H]2O)[C@H]1O. The number of fused-ring (bicyclic) bond motifs is 7. The van der Waals surface area contributed by atoms with E-state index >= 15 is 4.79 Å². The van der Waals surface area contributed by atoms with Crippen molar-refractivity contribution >= 4 is 5.97 Å². The summed E-state index contributed by atoms with van der Waals surface area (Å²) < 4.78 is 95.7. The topological polar surface area (TPSA) is 590 Å². The van der Waals surface area contributed by atoms with Crippen molar-refractivity contribution in [2.75, 3.05) is 46.2 Å². The molecule has 5 aliphatic carbocycles. The Morgan fingerprint density at radius 1 is 0.432 bits per heavy atom. The maximum Gasteiger partial charge on any atom is 0.317 e. The Bertz CT molecular complexity index is 3180. The molecule has 38 nitrogen and oxygen atoms in total. The zero-order valence-corrected chi connectivity index (χ0v) is 63.3. The van der Waals surface area contributed by atoms with Crippen LogP contribution in [-0.4, -0.2) is 387 Å². The van der Waals surface area contributed by atoms with Gasteiger partial charge in [0.2, 0.25) is 6.29 Å². The lowest BCUT2D eigenvalue weighted by Crippen LogP contribution is -2.69. The van der Waals surface area contributed by atoms with E-state index in [1.807, 2.05) is 0 Å². The Labute approximate surface area is 640 Å². The van der Waals surface area contributed by atoms with Crippen LogP contribution in [0.25, 0.3) is 0 Å². The van der Waals surface area contributed by atoms with Crippen LogP contribution < -0.4 is 0 Å². The van der Waals surface area contributed by atoms with Gasteiger partial charge in [-0.3, -0.25) is 4.79 Å². The molecule has 111 heavy (non-hydrogen) atoms. The van der Waals surface area contributed by atoms with E-state index in [2.05, 4.69) is 54.5 Å². The highest BCUT2D eigenvalue weighted by atomic mass is 16.8. The van der Waals surface area contributed by atoms with Gasteiger partial charge in [0, 0.05) is 0 Å². The van der Waals surface area contributed by atoms with E-state index in [4.69, 9.17) is 75.8 Å². The fourth-order valence-corrected chi connectivity index (χ4v) is 21.0. The molecule has 0 unspecified atom stereocenters. The average molecular weight is 1600 g/mol. The lowest BCUT2D eigenvalue weighted by atomic mass is 9.33. The molecule has 0 spiro atoms. The first kappa shape index (κ1) is 86.6. The third-order valence-corrected chi connectivity index (χ3v) is 27.9. The van der Waals surface area contributed by atoms with E-state index in [-0.39, 0.29) is 24.7 Å². The second-order valence-corrected chi connectivity index (χ2v) is 35.4. The average Bonchev–Trinajstić information content (AvgIpc) is 0.670. The number of hydrogen-bond donors (Lipinski definition) is 21. The molecule has 8 aliphatic heterocycles. The molecule has 21 N–H and O–H groups in total. The number of allylic oxidation sites excluding steroid dienone is 2. The standard InChI is InChI=1S/C73H118O38/c1-26-54(106-62-53(94)55(33(79)24-99-62)107-59-48(89)40(81)29(75)20-96-59)52(93)58(109-61-50(91)42(83)31(77)22-98-61)65(102-26)110-57-47(88)44(85)34(19-74)103-66(57)111-67(95)73-16-15-68(2,3)17-28(73)27-9-10-37-70(6)13-12-39(69(4,5)36(70)11-14-71(37,7)72(27,8)18-38(73)80)105-63-51(92)46(87)45(86)35(104-63)25-101-64-56(43(84)32(78)23-100-64)108-60-49(90)41(82)30(76)21-97-60/h9,26,28-66,74-94H,10-25H2,1-8H3/t26-,28-,29-,30+,31+,32+,33+,34-,35-,36+,37-,38+,39+,40-,41-,42+,43-,44+,45+,46-,47+,48+,49+,50-,51+,52-,53+,54-,55-,56+,57+,58+,59-,60-,61-,62-,63+,64-,65+,66-,70-,71+,72+,73+/m0/s1. The molecule has 0 amide bonds. The minimum Gasteiger partial charge on any atom is -0.432 e. The third kappa shape index (κ3) is 15.5. The molecule has 44 atom stereocenters. The summed E-state index contributed by atoms with van der Waals surface area (Å²) in [5.74, 6) is -1.68. The number of carbonyl (C=O) groups excluding carboxylic acids is 1. The number of rotatable bonds is 18. The van der Waals surface area contributed by atoms with E-state index in [1.54, 1.807) is 0 Å². The quantitative estimate of drug-likeness (QED) is 0.0344. The van der Waals surface area contributed by atoms with Gasteiger partial charge in [-0.25, -0.2) is 0 Å². The summed E-state index contributed by atoms with van der Waals surface area (Å²) in [6, 6.07) is 0. The number of carbonyl (C=O) groups is 1. The van der Waals surface area contributed by atoms with Gasteiger partial charge < -0.3 is 183 Å². The lowest BCUT2D eigenvalue weighted by molar-refractivity contribution is -0.398. The maximum absolute atomic E-state index is 16.0. The zero-order valence-electron chi connectivity index (χ0n) is 63.3. The minimum absolute atomic E-state index is 0.0197. The normalized spacial score (nSPS) is 54.8. The first-order chi connectivity index (χ1) is 52.1. The second kappa shape index (κ2) is 33.1. The van der Waals surface area contributed by atoms with E-state index in [0.29, 0.717) is 44.9 Å². The summed E-state index contributed by atoms with van der Waals surface area (Å²) in [4.78, 5) is 16.0. The lowest BCUT2D eigenvalue weighted by Gasteiger charge is -2.71. The van der Waals surface area contributed by atoms with Crippen LogP contribution in [0.2, 0.25) is 0 Å². The van der Waals surface area contributed by atoms with Crippen LogP contribution in [0.3, 0.4) is 0 Å².